The molecule has 4 amide bonds. The number of H-pyrrole nitrogens is 1. The standard InChI is InChI=1S/C12H15N5O3/c1-7-8(5-13-16-7)9(18)17-4-2-3-12(6-17)10(19)14-11(20)15-12/h5H,2-4,6H2,1H3,(H,13,16)(H2,14,15,19,20). The lowest BCUT2D eigenvalue weighted by Gasteiger charge is -2.37. The number of likely N-dealkylation sites (tertiary alicyclic amines) is 1. The average Bonchev–Trinajstić information content (AvgIpc) is 2.94. The maximum Gasteiger partial charge on any atom is 0.322 e. The molecular formula is C12H15N5O3. The molecule has 3 N–H and O–H groups in total. The molecule has 2 aliphatic heterocycles. The number of aromatic nitrogens is 2. The number of rotatable bonds is 1. The van der Waals surface area contributed by atoms with Crippen LogP contribution in [0.2, 0.25) is 0 Å². The topological polar surface area (TPSA) is 107 Å². The van der Waals surface area contributed by atoms with Gasteiger partial charge in [0.1, 0.15) is 5.54 Å². The minimum absolute atomic E-state index is 0.177. The van der Waals surface area contributed by atoms with Gasteiger partial charge in [0.2, 0.25) is 0 Å². The van der Waals surface area contributed by atoms with Gasteiger partial charge in [-0.15, -0.1) is 0 Å². The summed E-state index contributed by atoms with van der Waals surface area (Å²) in [5.74, 6) is -0.534. The van der Waals surface area contributed by atoms with Crippen molar-refractivity contribution < 1.29 is 14.4 Å². The van der Waals surface area contributed by atoms with Crippen molar-refractivity contribution in [1.82, 2.24) is 25.7 Å². The van der Waals surface area contributed by atoms with Gasteiger partial charge in [0, 0.05) is 12.2 Å². The number of piperidine rings is 1. The zero-order valence-electron chi connectivity index (χ0n) is 11.0. The highest BCUT2D eigenvalue weighted by atomic mass is 16.2. The highest BCUT2D eigenvalue weighted by Crippen LogP contribution is 2.25. The monoisotopic (exact) mass is 277 g/mol. The second kappa shape index (κ2) is 4.32. The van der Waals surface area contributed by atoms with Crippen molar-refractivity contribution in [3.05, 3.63) is 17.5 Å². The van der Waals surface area contributed by atoms with Crippen LogP contribution in [0.4, 0.5) is 4.79 Å². The van der Waals surface area contributed by atoms with Gasteiger partial charge in [0.25, 0.3) is 11.8 Å². The molecule has 8 heteroatoms. The molecule has 0 radical (unpaired) electrons. The summed E-state index contributed by atoms with van der Waals surface area (Å²) in [5.41, 5.74) is 0.198. The van der Waals surface area contributed by atoms with E-state index in [1.54, 1.807) is 11.8 Å². The fourth-order valence-electron chi connectivity index (χ4n) is 2.78. The first-order chi connectivity index (χ1) is 9.52. The quantitative estimate of drug-likeness (QED) is 0.603. The third-order valence-electron chi connectivity index (χ3n) is 3.85. The van der Waals surface area contributed by atoms with Gasteiger partial charge in [0.15, 0.2) is 0 Å². The molecule has 2 fully saturated rings. The summed E-state index contributed by atoms with van der Waals surface area (Å²) in [7, 11) is 0. The van der Waals surface area contributed by atoms with E-state index in [1.807, 2.05) is 0 Å². The predicted molar refractivity (Wildman–Crippen MR) is 67.9 cm³/mol. The Hall–Kier alpha value is -2.38. The van der Waals surface area contributed by atoms with E-state index in [0.29, 0.717) is 30.6 Å². The Kier molecular flexibility index (Phi) is 2.73. The number of hydrogen-bond acceptors (Lipinski definition) is 4. The van der Waals surface area contributed by atoms with Gasteiger partial charge in [-0.25, -0.2) is 4.79 Å². The maximum absolute atomic E-state index is 12.4. The fraction of sp³-hybridized carbons (Fsp3) is 0.500. The molecule has 1 aromatic rings. The minimum Gasteiger partial charge on any atom is -0.336 e. The molecule has 106 valence electrons. The van der Waals surface area contributed by atoms with Crippen LogP contribution >= 0.6 is 0 Å². The van der Waals surface area contributed by atoms with Gasteiger partial charge in [-0.05, 0) is 19.8 Å². The number of nitrogens with zero attached hydrogens (tertiary/aromatic N) is 2. The zero-order chi connectivity index (χ0) is 14.3. The van der Waals surface area contributed by atoms with Gasteiger partial charge in [-0.2, -0.15) is 5.10 Å². The van der Waals surface area contributed by atoms with Crippen molar-refractivity contribution in [2.24, 2.45) is 0 Å². The van der Waals surface area contributed by atoms with E-state index in [1.165, 1.54) is 6.20 Å². The molecule has 1 atom stereocenters. The van der Waals surface area contributed by atoms with E-state index < -0.39 is 11.6 Å². The lowest BCUT2D eigenvalue weighted by atomic mass is 9.89. The molecule has 0 aliphatic carbocycles. The van der Waals surface area contributed by atoms with Crippen LogP contribution in [-0.4, -0.2) is 51.6 Å². The Labute approximate surface area is 114 Å². The number of hydrogen-bond donors (Lipinski definition) is 3. The van der Waals surface area contributed by atoms with Crippen LogP contribution < -0.4 is 10.6 Å². The average molecular weight is 277 g/mol. The smallest absolute Gasteiger partial charge is 0.322 e. The summed E-state index contributed by atoms with van der Waals surface area (Å²) in [6, 6.07) is -0.496. The summed E-state index contributed by atoms with van der Waals surface area (Å²) >= 11 is 0. The minimum atomic E-state index is -0.983. The lowest BCUT2D eigenvalue weighted by Crippen LogP contribution is -2.59. The largest absolute Gasteiger partial charge is 0.336 e. The highest BCUT2D eigenvalue weighted by Gasteiger charge is 2.49. The molecule has 3 rings (SSSR count). The molecule has 1 aromatic heterocycles. The molecule has 8 nitrogen and oxygen atoms in total. The van der Waals surface area contributed by atoms with Gasteiger partial charge in [0.05, 0.1) is 18.3 Å². The Morgan fingerprint density at radius 2 is 2.25 bits per heavy atom. The fourth-order valence-corrected chi connectivity index (χ4v) is 2.78. The maximum atomic E-state index is 12.4. The molecule has 0 bridgehead atoms. The van der Waals surface area contributed by atoms with Gasteiger partial charge in [-0.3, -0.25) is 20.0 Å². The van der Waals surface area contributed by atoms with Crippen molar-refractivity contribution in [1.29, 1.82) is 0 Å². The van der Waals surface area contributed by atoms with Gasteiger partial charge >= 0.3 is 6.03 Å². The van der Waals surface area contributed by atoms with E-state index in [0.717, 1.165) is 0 Å². The van der Waals surface area contributed by atoms with Crippen LogP contribution in [0, 0.1) is 6.92 Å². The summed E-state index contributed by atoms with van der Waals surface area (Å²) in [4.78, 5) is 37.3. The summed E-state index contributed by atoms with van der Waals surface area (Å²) in [6.07, 6.45) is 2.68. The second-order valence-corrected chi connectivity index (χ2v) is 5.23. The van der Waals surface area contributed by atoms with Crippen molar-refractivity contribution >= 4 is 17.8 Å². The third kappa shape index (κ3) is 1.84. The molecule has 20 heavy (non-hydrogen) atoms. The van der Waals surface area contributed by atoms with Crippen LogP contribution in [0.15, 0.2) is 6.20 Å². The molecular weight excluding hydrogens is 262 g/mol. The number of urea groups is 1. The van der Waals surface area contributed by atoms with Crippen LogP contribution in [0.5, 0.6) is 0 Å². The summed E-state index contributed by atoms with van der Waals surface area (Å²) in [6.45, 7) is 2.52. The summed E-state index contributed by atoms with van der Waals surface area (Å²) in [5, 5.41) is 11.4. The lowest BCUT2D eigenvalue weighted by molar-refractivity contribution is -0.125. The normalized spacial score (nSPS) is 25.8. The van der Waals surface area contributed by atoms with Gasteiger partial charge in [-0.1, -0.05) is 0 Å². The Balaban J connectivity index is 1.82. The summed E-state index contributed by atoms with van der Waals surface area (Å²) < 4.78 is 0. The number of nitrogens with one attached hydrogen (secondary N) is 3. The molecule has 3 heterocycles. The first kappa shape index (κ1) is 12.6. The van der Waals surface area contributed by atoms with Crippen molar-refractivity contribution in [2.45, 2.75) is 25.3 Å². The first-order valence-electron chi connectivity index (χ1n) is 6.45. The second-order valence-electron chi connectivity index (χ2n) is 5.23. The van der Waals surface area contributed by atoms with E-state index in [9.17, 15) is 14.4 Å². The highest BCUT2D eigenvalue weighted by molar-refractivity contribution is 6.07. The van der Waals surface area contributed by atoms with Gasteiger partial charge < -0.3 is 10.2 Å². The van der Waals surface area contributed by atoms with E-state index in [4.69, 9.17) is 0 Å². The molecule has 2 saturated heterocycles. The van der Waals surface area contributed by atoms with Crippen LogP contribution in [0.25, 0.3) is 0 Å². The zero-order valence-corrected chi connectivity index (χ0v) is 11.0. The Morgan fingerprint density at radius 1 is 1.45 bits per heavy atom. The first-order valence-corrected chi connectivity index (χ1v) is 6.45. The van der Waals surface area contributed by atoms with Crippen molar-refractivity contribution in [3.63, 3.8) is 0 Å². The molecule has 0 aromatic carbocycles. The van der Waals surface area contributed by atoms with E-state index in [2.05, 4.69) is 20.8 Å². The number of aromatic amines is 1. The van der Waals surface area contributed by atoms with Crippen LogP contribution in [-0.2, 0) is 4.79 Å². The predicted octanol–water partition coefficient (Wildman–Crippen LogP) is -0.468. The number of amides is 4. The molecule has 1 unspecified atom stereocenters. The number of aryl methyl sites for hydroxylation is 1. The number of imide groups is 1. The molecule has 2 aliphatic rings. The van der Waals surface area contributed by atoms with E-state index >= 15 is 0 Å². The van der Waals surface area contributed by atoms with Crippen molar-refractivity contribution in [2.75, 3.05) is 13.1 Å². The van der Waals surface area contributed by atoms with Crippen LogP contribution in [0.3, 0.4) is 0 Å². The molecule has 1 spiro atoms. The SMILES string of the molecule is Cc1[nH]ncc1C(=O)N1CCCC2(C1)NC(=O)NC2=O. The Bertz CT molecular complexity index is 596. The van der Waals surface area contributed by atoms with E-state index in [-0.39, 0.29) is 18.4 Å². The Morgan fingerprint density at radius 3 is 2.85 bits per heavy atom. The third-order valence-corrected chi connectivity index (χ3v) is 3.85. The number of carbonyl (C=O) groups is 3. The number of carbonyl (C=O) groups excluding carboxylic acids is 3. The molecule has 0 saturated carbocycles. The van der Waals surface area contributed by atoms with Crippen LogP contribution in [0.1, 0.15) is 28.9 Å². The van der Waals surface area contributed by atoms with Crippen molar-refractivity contribution in [3.8, 4) is 0 Å².